The van der Waals surface area contributed by atoms with E-state index in [1.54, 1.807) is 0 Å². The van der Waals surface area contributed by atoms with Crippen molar-refractivity contribution in [2.24, 2.45) is 11.8 Å². The van der Waals surface area contributed by atoms with Gasteiger partial charge < -0.3 is 5.32 Å². The summed E-state index contributed by atoms with van der Waals surface area (Å²) in [4.78, 5) is 12.8. The maximum absolute atomic E-state index is 12.8. The number of aromatic nitrogens is 3. The van der Waals surface area contributed by atoms with Gasteiger partial charge in [0.1, 0.15) is 0 Å². The fourth-order valence-electron chi connectivity index (χ4n) is 3.77. The van der Waals surface area contributed by atoms with Gasteiger partial charge in [-0.05, 0) is 25.2 Å². The normalized spacial score (nSPS) is 23.2. The second-order valence-electron chi connectivity index (χ2n) is 7.71. The first-order chi connectivity index (χ1) is 13.5. The van der Waals surface area contributed by atoms with E-state index in [0.717, 1.165) is 23.0 Å². The molecule has 1 aliphatic rings. The average Bonchev–Trinajstić information content (AvgIpc) is 3.08. The zero-order valence-corrected chi connectivity index (χ0v) is 17.8. The number of allylic oxidation sites excluding steroid dienone is 1. The van der Waals surface area contributed by atoms with E-state index in [-0.39, 0.29) is 17.2 Å². The fourth-order valence-corrected chi connectivity index (χ4v) is 4.64. The molecular weight excluding hydrogens is 368 g/mol. The zero-order valence-electron chi connectivity index (χ0n) is 17.0. The average molecular weight is 399 g/mol. The van der Waals surface area contributed by atoms with Crippen LogP contribution in [0, 0.1) is 11.8 Å². The summed E-state index contributed by atoms with van der Waals surface area (Å²) in [5, 5.41) is 12.5. The highest BCUT2D eigenvalue weighted by Gasteiger charge is 2.30. The summed E-state index contributed by atoms with van der Waals surface area (Å²) < 4.78 is 2.02. The third-order valence-corrected chi connectivity index (χ3v) is 6.83. The van der Waals surface area contributed by atoms with Crippen molar-refractivity contribution in [1.82, 2.24) is 20.1 Å². The zero-order chi connectivity index (χ0) is 20.1. The summed E-state index contributed by atoms with van der Waals surface area (Å²) in [5.41, 5.74) is 1.01. The maximum atomic E-state index is 12.8. The highest BCUT2D eigenvalue weighted by atomic mass is 32.2. The number of carbonyl (C=O) groups is 1. The topological polar surface area (TPSA) is 59.8 Å². The number of benzene rings is 1. The van der Waals surface area contributed by atoms with Gasteiger partial charge in [-0.3, -0.25) is 9.36 Å². The number of hydrogen-bond acceptors (Lipinski definition) is 4. The Morgan fingerprint density at radius 3 is 2.79 bits per heavy atom. The second-order valence-corrected chi connectivity index (χ2v) is 9.02. The van der Waals surface area contributed by atoms with E-state index in [2.05, 4.69) is 35.9 Å². The Morgan fingerprint density at radius 1 is 1.32 bits per heavy atom. The minimum Gasteiger partial charge on any atom is -0.352 e. The lowest BCUT2D eigenvalue weighted by molar-refractivity contribution is -0.121. The van der Waals surface area contributed by atoms with Crippen LogP contribution in [0.2, 0.25) is 0 Å². The van der Waals surface area contributed by atoms with Crippen molar-refractivity contribution in [1.29, 1.82) is 0 Å². The van der Waals surface area contributed by atoms with Gasteiger partial charge in [-0.2, -0.15) is 0 Å². The Morgan fingerprint density at radius 2 is 2.07 bits per heavy atom. The first kappa shape index (κ1) is 20.6. The number of nitrogens with one attached hydrogen (secondary N) is 1. The number of hydrogen-bond donors (Lipinski definition) is 1. The van der Waals surface area contributed by atoms with Crippen molar-refractivity contribution in [3.63, 3.8) is 0 Å². The quantitative estimate of drug-likeness (QED) is 0.549. The molecule has 0 saturated heterocycles. The molecular formula is C22H30N4OS. The molecule has 0 aliphatic heterocycles. The molecule has 1 amide bonds. The molecule has 0 unspecified atom stereocenters. The monoisotopic (exact) mass is 398 g/mol. The van der Waals surface area contributed by atoms with Crippen LogP contribution in [0.25, 0.3) is 11.4 Å². The molecule has 28 heavy (non-hydrogen) atoms. The van der Waals surface area contributed by atoms with Crippen LogP contribution in [0.1, 0.15) is 40.0 Å². The van der Waals surface area contributed by atoms with Crippen molar-refractivity contribution >= 4 is 17.7 Å². The van der Waals surface area contributed by atoms with Gasteiger partial charge in [-0.1, -0.05) is 74.9 Å². The lowest BCUT2D eigenvalue weighted by atomic mass is 9.78. The molecule has 1 saturated carbocycles. The van der Waals surface area contributed by atoms with E-state index in [4.69, 9.17) is 0 Å². The van der Waals surface area contributed by atoms with E-state index in [1.165, 1.54) is 24.6 Å². The number of rotatable bonds is 7. The molecule has 4 atom stereocenters. The molecule has 6 heteroatoms. The second kappa shape index (κ2) is 9.41. The van der Waals surface area contributed by atoms with Gasteiger partial charge in [0, 0.05) is 18.2 Å². The fraction of sp³-hybridized carbons (Fsp3) is 0.500. The van der Waals surface area contributed by atoms with Crippen LogP contribution in [0.15, 0.2) is 48.1 Å². The van der Waals surface area contributed by atoms with Gasteiger partial charge in [0.2, 0.25) is 5.91 Å². The van der Waals surface area contributed by atoms with Crippen LogP contribution in [-0.2, 0) is 11.3 Å². The van der Waals surface area contributed by atoms with Crippen LogP contribution >= 0.6 is 11.8 Å². The van der Waals surface area contributed by atoms with Gasteiger partial charge in [0.15, 0.2) is 11.0 Å². The van der Waals surface area contributed by atoms with Crippen LogP contribution in [0.5, 0.6) is 0 Å². The van der Waals surface area contributed by atoms with Gasteiger partial charge in [-0.25, -0.2) is 0 Å². The van der Waals surface area contributed by atoms with Gasteiger partial charge >= 0.3 is 0 Å². The summed E-state index contributed by atoms with van der Waals surface area (Å²) in [6, 6.07) is 10.2. The van der Waals surface area contributed by atoms with Crippen molar-refractivity contribution in [3.05, 3.63) is 43.0 Å². The van der Waals surface area contributed by atoms with E-state index in [1.807, 2.05) is 47.9 Å². The number of nitrogens with zero attached hydrogens (tertiary/aromatic N) is 3. The molecule has 1 aromatic heterocycles. The van der Waals surface area contributed by atoms with Crippen molar-refractivity contribution in [2.75, 3.05) is 0 Å². The lowest BCUT2D eigenvalue weighted by Crippen LogP contribution is -2.46. The summed E-state index contributed by atoms with van der Waals surface area (Å²) in [6.07, 6.45) is 5.34. The summed E-state index contributed by atoms with van der Waals surface area (Å²) in [6.45, 7) is 10.9. The Kier molecular flexibility index (Phi) is 6.94. The van der Waals surface area contributed by atoms with Crippen molar-refractivity contribution in [2.45, 2.75) is 63.0 Å². The largest absolute Gasteiger partial charge is 0.352 e. The predicted octanol–water partition coefficient (Wildman–Crippen LogP) is 4.55. The van der Waals surface area contributed by atoms with E-state index < -0.39 is 0 Å². The highest BCUT2D eigenvalue weighted by Crippen LogP contribution is 2.31. The molecule has 2 aromatic rings. The molecule has 0 bridgehead atoms. The number of carbonyl (C=O) groups excluding carboxylic acids is 1. The molecule has 5 nitrogen and oxygen atoms in total. The Hall–Kier alpha value is -2.08. The summed E-state index contributed by atoms with van der Waals surface area (Å²) in [5.74, 6) is 2.05. The molecule has 1 heterocycles. The van der Waals surface area contributed by atoms with Gasteiger partial charge in [-0.15, -0.1) is 16.8 Å². The van der Waals surface area contributed by atoms with Crippen molar-refractivity contribution < 1.29 is 4.79 Å². The summed E-state index contributed by atoms with van der Waals surface area (Å²) >= 11 is 1.45. The molecule has 1 aliphatic carbocycles. The first-order valence-corrected chi connectivity index (χ1v) is 11.0. The van der Waals surface area contributed by atoms with E-state index >= 15 is 0 Å². The third-order valence-electron chi connectivity index (χ3n) is 5.75. The standard InChI is InChI=1S/C22H30N4OS/c1-5-14-26-20(18-11-7-6-8-12-18)24-25-22(26)28-17(4)21(27)23-19-13-9-10-15(2)16(19)3/h5-8,11-12,15-17,19H,1,9-10,13-14H2,2-4H3,(H,23,27)/t15-,16-,17-,19-/m1/s1. The summed E-state index contributed by atoms with van der Waals surface area (Å²) in [7, 11) is 0. The molecule has 1 fully saturated rings. The molecule has 3 rings (SSSR count). The number of amides is 1. The Balaban J connectivity index is 1.71. The Labute approximate surface area is 172 Å². The molecule has 0 spiro atoms. The molecule has 150 valence electrons. The van der Waals surface area contributed by atoms with Crippen LogP contribution in [0.3, 0.4) is 0 Å². The van der Waals surface area contributed by atoms with E-state index in [9.17, 15) is 4.79 Å². The number of thioether (sulfide) groups is 1. The maximum Gasteiger partial charge on any atom is 0.233 e. The molecule has 1 N–H and O–H groups in total. The van der Waals surface area contributed by atoms with E-state index in [0.29, 0.717) is 18.4 Å². The lowest BCUT2D eigenvalue weighted by Gasteiger charge is -2.35. The SMILES string of the molecule is C=CCn1c(S[C@H](C)C(=O)N[C@@H]2CCC[C@@H](C)[C@H]2C)nnc1-c1ccccc1. The minimum absolute atomic E-state index is 0.0744. The smallest absolute Gasteiger partial charge is 0.233 e. The van der Waals surface area contributed by atoms with Crippen LogP contribution in [-0.4, -0.2) is 32.0 Å². The highest BCUT2D eigenvalue weighted by molar-refractivity contribution is 8.00. The van der Waals surface area contributed by atoms with Gasteiger partial charge in [0.25, 0.3) is 0 Å². The molecule has 1 aromatic carbocycles. The Bertz CT molecular complexity index is 804. The molecule has 0 radical (unpaired) electrons. The van der Waals surface area contributed by atoms with Crippen LogP contribution < -0.4 is 5.32 Å². The van der Waals surface area contributed by atoms with Crippen molar-refractivity contribution in [3.8, 4) is 11.4 Å². The third kappa shape index (κ3) is 4.66. The predicted molar refractivity (Wildman–Crippen MR) is 115 cm³/mol. The van der Waals surface area contributed by atoms with Crippen LogP contribution in [0.4, 0.5) is 0 Å². The van der Waals surface area contributed by atoms with Gasteiger partial charge in [0.05, 0.1) is 5.25 Å². The minimum atomic E-state index is -0.235. The first-order valence-electron chi connectivity index (χ1n) is 10.1.